The molecule has 4 aromatic rings. The van der Waals surface area contributed by atoms with Crippen molar-refractivity contribution in [2.24, 2.45) is 7.05 Å². The molecule has 0 bridgehead atoms. The van der Waals surface area contributed by atoms with Crippen molar-refractivity contribution in [1.82, 2.24) is 24.5 Å². The summed E-state index contributed by atoms with van der Waals surface area (Å²) >= 11 is 6.61. The number of rotatable bonds is 6. The molecule has 5 rings (SSSR count). The van der Waals surface area contributed by atoms with Crippen LogP contribution in [0.1, 0.15) is 10.5 Å². The largest absolute Gasteiger partial charge is 0.464 e. The second-order valence-electron chi connectivity index (χ2n) is 8.16. The van der Waals surface area contributed by atoms with Crippen molar-refractivity contribution < 1.29 is 14.3 Å². The second-order valence-corrected chi connectivity index (χ2v) is 8.57. The first-order valence-electron chi connectivity index (χ1n) is 11.3. The number of nitrogens with zero attached hydrogens (tertiary/aromatic N) is 6. The fourth-order valence-electron chi connectivity index (χ4n) is 4.09. The number of esters is 1. The van der Waals surface area contributed by atoms with Crippen LogP contribution in [0, 0.1) is 0 Å². The summed E-state index contributed by atoms with van der Waals surface area (Å²) in [4.78, 5) is 33.1. The summed E-state index contributed by atoms with van der Waals surface area (Å²) in [5, 5.41) is 6.70. The molecule has 0 saturated carbocycles. The standard InChI is InChI=1S/C24H25ClN8O3/c1-26-22-20(15-11-27-12-18-19(15)28-13-32(18)2)30-21(24(34)35-3)23(31-22)29-17-5-4-14(10-16(17)25)33-6-8-36-9-7-33/h4-5,10-13H,6-9H2,1-3H3,(H2,26,29,31). The van der Waals surface area contributed by atoms with Gasteiger partial charge < -0.3 is 29.6 Å². The molecule has 11 nitrogen and oxygen atoms in total. The third-order valence-corrected chi connectivity index (χ3v) is 6.30. The van der Waals surface area contributed by atoms with Crippen LogP contribution in [0.5, 0.6) is 0 Å². The lowest BCUT2D eigenvalue weighted by Gasteiger charge is -2.29. The molecule has 3 aromatic heterocycles. The van der Waals surface area contributed by atoms with E-state index < -0.39 is 5.97 Å². The molecule has 1 aromatic carbocycles. The number of morpholine rings is 1. The van der Waals surface area contributed by atoms with E-state index in [1.807, 2.05) is 29.8 Å². The zero-order chi connectivity index (χ0) is 25.2. The van der Waals surface area contributed by atoms with E-state index in [0.29, 0.717) is 46.5 Å². The van der Waals surface area contributed by atoms with Gasteiger partial charge in [0.1, 0.15) is 11.2 Å². The molecule has 0 radical (unpaired) electrons. The van der Waals surface area contributed by atoms with Gasteiger partial charge in [-0.2, -0.15) is 0 Å². The molecule has 2 N–H and O–H groups in total. The van der Waals surface area contributed by atoms with Crippen LogP contribution in [0.25, 0.3) is 22.3 Å². The molecule has 1 saturated heterocycles. The molecule has 1 fully saturated rings. The highest BCUT2D eigenvalue weighted by Gasteiger charge is 2.23. The quantitative estimate of drug-likeness (QED) is 0.374. The number of aryl methyl sites for hydroxylation is 1. The zero-order valence-corrected chi connectivity index (χ0v) is 20.8. The number of benzene rings is 1. The van der Waals surface area contributed by atoms with Gasteiger partial charge in [0.15, 0.2) is 17.3 Å². The van der Waals surface area contributed by atoms with Crippen LogP contribution < -0.4 is 15.5 Å². The van der Waals surface area contributed by atoms with Gasteiger partial charge in [0.05, 0.1) is 54.6 Å². The van der Waals surface area contributed by atoms with Crippen LogP contribution >= 0.6 is 11.6 Å². The summed E-state index contributed by atoms with van der Waals surface area (Å²) in [7, 11) is 4.90. The number of carbonyl (C=O) groups excluding carboxylic acids is 1. The van der Waals surface area contributed by atoms with Gasteiger partial charge in [-0.05, 0) is 18.2 Å². The smallest absolute Gasteiger partial charge is 0.360 e. The number of nitrogens with one attached hydrogen (secondary N) is 2. The van der Waals surface area contributed by atoms with Gasteiger partial charge in [-0.1, -0.05) is 11.6 Å². The van der Waals surface area contributed by atoms with Crippen molar-refractivity contribution in [2.75, 3.05) is 56.0 Å². The summed E-state index contributed by atoms with van der Waals surface area (Å²) in [6.45, 7) is 2.95. The Morgan fingerprint density at radius 2 is 1.97 bits per heavy atom. The predicted molar refractivity (Wildman–Crippen MR) is 138 cm³/mol. The number of anilines is 4. The molecular weight excluding hydrogens is 484 g/mol. The highest BCUT2D eigenvalue weighted by atomic mass is 35.5. The molecule has 4 heterocycles. The summed E-state index contributed by atoms with van der Waals surface area (Å²) in [5.74, 6) is -0.000546. The van der Waals surface area contributed by atoms with Crippen LogP contribution in [0.2, 0.25) is 5.02 Å². The maximum absolute atomic E-state index is 12.7. The molecule has 0 unspecified atom stereocenters. The summed E-state index contributed by atoms with van der Waals surface area (Å²) in [6, 6.07) is 5.69. The van der Waals surface area contributed by atoms with E-state index >= 15 is 0 Å². The Kier molecular flexibility index (Phi) is 6.57. The maximum atomic E-state index is 12.7. The van der Waals surface area contributed by atoms with E-state index in [0.717, 1.165) is 24.3 Å². The molecule has 0 spiro atoms. The number of pyridine rings is 1. The number of ether oxygens (including phenoxy) is 2. The first-order valence-corrected chi connectivity index (χ1v) is 11.7. The van der Waals surface area contributed by atoms with Crippen LogP contribution in [0.3, 0.4) is 0 Å². The van der Waals surface area contributed by atoms with E-state index in [4.69, 9.17) is 21.1 Å². The Hall–Kier alpha value is -3.96. The maximum Gasteiger partial charge on any atom is 0.360 e. The number of fused-ring (bicyclic) bond motifs is 1. The van der Waals surface area contributed by atoms with E-state index in [1.54, 1.807) is 25.8 Å². The fourth-order valence-corrected chi connectivity index (χ4v) is 4.31. The number of aromatic nitrogens is 5. The van der Waals surface area contributed by atoms with Crippen LogP contribution in [0.15, 0.2) is 36.9 Å². The molecule has 0 atom stereocenters. The minimum Gasteiger partial charge on any atom is -0.464 e. The van der Waals surface area contributed by atoms with E-state index in [9.17, 15) is 4.79 Å². The van der Waals surface area contributed by atoms with Crippen LogP contribution in [0.4, 0.5) is 23.0 Å². The zero-order valence-electron chi connectivity index (χ0n) is 20.1. The monoisotopic (exact) mass is 508 g/mol. The van der Waals surface area contributed by atoms with Crippen molar-refractivity contribution in [1.29, 1.82) is 0 Å². The van der Waals surface area contributed by atoms with Gasteiger partial charge in [-0.15, -0.1) is 0 Å². The molecule has 36 heavy (non-hydrogen) atoms. The van der Waals surface area contributed by atoms with Crippen molar-refractivity contribution in [3.05, 3.63) is 47.6 Å². The SMILES string of the molecule is CNc1nc(Nc2ccc(N3CCOCC3)cc2Cl)c(C(=O)OC)nc1-c1cncc2c1ncn2C. The van der Waals surface area contributed by atoms with E-state index in [-0.39, 0.29) is 11.5 Å². The molecule has 0 amide bonds. The molecular formula is C24H25ClN8O3. The Bertz CT molecular complexity index is 1430. The minimum absolute atomic E-state index is 0.00718. The van der Waals surface area contributed by atoms with Crippen molar-refractivity contribution in [2.45, 2.75) is 0 Å². The van der Waals surface area contributed by atoms with E-state index in [2.05, 4.69) is 35.5 Å². The number of hydrogen-bond acceptors (Lipinski definition) is 10. The first-order chi connectivity index (χ1) is 17.5. The van der Waals surface area contributed by atoms with Crippen molar-refractivity contribution >= 4 is 51.6 Å². The third kappa shape index (κ3) is 4.38. The van der Waals surface area contributed by atoms with Gasteiger partial charge >= 0.3 is 5.97 Å². The highest BCUT2D eigenvalue weighted by Crippen LogP contribution is 2.35. The molecule has 1 aliphatic rings. The number of halogens is 1. The fraction of sp³-hybridized carbons (Fsp3) is 0.292. The minimum atomic E-state index is -0.642. The predicted octanol–water partition coefficient (Wildman–Crippen LogP) is 3.49. The Morgan fingerprint density at radius 1 is 1.17 bits per heavy atom. The second kappa shape index (κ2) is 9.96. The van der Waals surface area contributed by atoms with Crippen molar-refractivity contribution in [3.63, 3.8) is 0 Å². The summed E-state index contributed by atoms with van der Waals surface area (Å²) in [5.41, 5.74) is 4.16. The molecule has 12 heteroatoms. The highest BCUT2D eigenvalue weighted by molar-refractivity contribution is 6.33. The topological polar surface area (TPSA) is 119 Å². The summed E-state index contributed by atoms with van der Waals surface area (Å²) in [6.07, 6.45) is 5.07. The van der Waals surface area contributed by atoms with Gasteiger partial charge in [0, 0.05) is 39.1 Å². The number of hydrogen-bond donors (Lipinski definition) is 2. The van der Waals surface area contributed by atoms with E-state index in [1.165, 1.54) is 7.11 Å². The number of carbonyl (C=O) groups is 1. The first kappa shape index (κ1) is 23.8. The molecule has 0 aliphatic carbocycles. The number of methoxy groups -OCH3 is 1. The van der Waals surface area contributed by atoms with Gasteiger partial charge in [-0.3, -0.25) is 4.98 Å². The third-order valence-electron chi connectivity index (χ3n) is 5.99. The van der Waals surface area contributed by atoms with Crippen molar-refractivity contribution in [3.8, 4) is 11.3 Å². The Labute approximate surface area is 212 Å². The molecule has 1 aliphatic heterocycles. The number of imidazole rings is 1. The average molecular weight is 509 g/mol. The normalized spacial score (nSPS) is 13.6. The Morgan fingerprint density at radius 3 is 2.69 bits per heavy atom. The van der Waals surface area contributed by atoms with Gasteiger partial charge in [0.2, 0.25) is 0 Å². The lowest BCUT2D eigenvalue weighted by Crippen LogP contribution is -2.36. The molecule has 186 valence electrons. The van der Waals surface area contributed by atoms with Crippen LogP contribution in [-0.4, -0.2) is 70.9 Å². The lowest BCUT2D eigenvalue weighted by atomic mass is 10.1. The van der Waals surface area contributed by atoms with Crippen LogP contribution in [-0.2, 0) is 16.5 Å². The summed E-state index contributed by atoms with van der Waals surface area (Å²) < 4.78 is 12.3. The van der Waals surface area contributed by atoms with Gasteiger partial charge in [-0.25, -0.2) is 19.7 Å². The van der Waals surface area contributed by atoms with Gasteiger partial charge in [0.25, 0.3) is 0 Å². The lowest BCUT2D eigenvalue weighted by molar-refractivity contribution is 0.0595. The average Bonchev–Trinajstić information content (AvgIpc) is 3.30. The Balaban J connectivity index is 1.56.